The van der Waals surface area contributed by atoms with Crippen LogP contribution < -0.4 is 5.43 Å². The Morgan fingerprint density at radius 2 is 1.81 bits per heavy atom. The van der Waals surface area contributed by atoms with Crippen LogP contribution in [0.3, 0.4) is 0 Å². The molecule has 31 heavy (non-hydrogen) atoms. The van der Waals surface area contributed by atoms with Gasteiger partial charge in [-0.2, -0.15) is 5.10 Å². The summed E-state index contributed by atoms with van der Waals surface area (Å²) in [6, 6.07) is 24.4. The zero-order chi connectivity index (χ0) is 21.6. The minimum atomic E-state index is -0.353. The third-order valence-electron chi connectivity index (χ3n) is 4.92. The van der Waals surface area contributed by atoms with Crippen LogP contribution in [0.5, 0.6) is 5.75 Å². The fourth-order valence-electron chi connectivity index (χ4n) is 3.38. The Morgan fingerprint density at radius 1 is 1.03 bits per heavy atom. The summed E-state index contributed by atoms with van der Waals surface area (Å²) in [5.41, 5.74) is 6.68. The van der Waals surface area contributed by atoms with E-state index in [1.807, 2.05) is 66.7 Å². The van der Waals surface area contributed by atoms with Gasteiger partial charge in [-0.25, -0.2) is 10.4 Å². The summed E-state index contributed by atoms with van der Waals surface area (Å²) in [5, 5.41) is 15.1. The van der Waals surface area contributed by atoms with Gasteiger partial charge in [0.25, 0.3) is 5.91 Å². The Labute approximate surface area is 180 Å². The molecular weight excluding hydrogens is 386 g/mol. The van der Waals surface area contributed by atoms with E-state index in [9.17, 15) is 9.90 Å². The summed E-state index contributed by atoms with van der Waals surface area (Å²) in [4.78, 5) is 17.7. The van der Waals surface area contributed by atoms with E-state index >= 15 is 0 Å². The maximum absolute atomic E-state index is 13.0. The van der Waals surface area contributed by atoms with Crippen LogP contribution >= 0.6 is 0 Å². The fourth-order valence-corrected chi connectivity index (χ4v) is 3.38. The molecule has 0 fully saturated rings. The molecule has 0 saturated carbocycles. The molecule has 0 aliphatic carbocycles. The number of hydrogen-bond acceptors (Lipinski definition) is 4. The third-order valence-corrected chi connectivity index (χ3v) is 4.92. The molecule has 0 spiro atoms. The Bertz CT molecular complexity index is 1280. The number of phenolic OH excluding ortho intramolecular Hbond substituents is 1. The van der Waals surface area contributed by atoms with E-state index in [0.717, 1.165) is 22.0 Å². The van der Waals surface area contributed by atoms with Crippen LogP contribution in [0.1, 0.15) is 21.5 Å². The number of nitrogens with one attached hydrogen (secondary N) is 1. The van der Waals surface area contributed by atoms with Crippen LogP contribution in [-0.2, 0) is 6.42 Å². The molecule has 2 N–H and O–H groups in total. The van der Waals surface area contributed by atoms with E-state index in [2.05, 4.69) is 17.1 Å². The van der Waals surface area contributed by atoms with E-state index in [4.69, 9.17) is 4.98 Å². The zero-order valence-corrected chi connectivity index (χ0v) is 16.8. The maximum atomic E-state index is 13.0. The number of aromatic hydroxyl groups is 1. The number of rotatable bonds is 6. The van der Waals surface area contributed by atoms with E-state index in [1.54, 1.807) is 18.2 Å². The first-order chi connectivity index (χ1) is 15.2. The highest BCUT2D eigenvalue weighted by molar-refractivity contribution is 6.07. The molecule has 0 radical (unpaired) electrons. The van der Waals surface area contributed by atoms with Crippen molar-refractivity contribution in [2.45, 2.75) is 6.42 Å². The molecule has 152 valence electrons. The standard InChI is InChI=1S/C26H21N3O2/c1-2-9-19-12-8-13-20(25(19)30)17-27-29-26(31)22-16-24(18-10-4-3-5-11-18)28-23-15-7-6-14-21(22)23/h2-8,10-17,30H,1,9H2,(H,29,31)/b27-17+. The second-order valence-electron chi connectivity index (χ2n) is 6.99. The van der Waals surface area contributed by atoms with Gasteiger partial charge in [-0.15, -0.1) is 6.58 Å². The molecule has 0 saturated heterocycles. The van der Waals surface area contributed by atoms with Crippen molar-refractivity contribution in [1.82, 2.24) is 10.4 Å². The number of benzene rings is 3. The second-order valence-corrected chi connectivity index (χ2v) is 6.99. The van der Waals surface area contributed by atoms with Crippen molar-refractivity contribution in [2.24, 2.45) is 5.10 Å². The Kier molecular flexibility index (Phi) is 5.85. The van der Waals surface area contributed by atoms with Crippen molar-refractivity contribution >= 4 is 23.0 Å². The van der Waals surface area contributed by atoms with Crippen LogP contribution in [0.2, 0.25) is 0 Å². The van der Waals surface area contributed by atoms with Gasteiger partial charge in [0.1, 0.15) is 5.75 Å². The van der Waals surface area contributed by atoms with Gasteiger partial charge in [-0.3, -0.25) is 4.79 Å². The Balaban J connectivity index is 1.64. The van der Waals surface area contributed by atoms with E-state index in [0.29, 0.717) is 23.2 Å². The molecule has 0 unspecified atom stereocenters. The summed E-state index contributed by atoms with van der Waals surface area (Å²) in [6.45, 7) is 3.69. The number of amides is 1. The van der Waals surface area contributed by atoms with Crippen molar-refractivity contribution in [3.63, 3.8) is 0 Å². The lowest BCUT2D eigenvalue weighted by Gasteiger charge is -2.09. The number of hydrazone groups is 1. The highest BCUT2D eigenvalue weighted by Crippen LogP contribution is 2.25. The van der Waals surface area contributed by atoms with Crippen molar-refractivity contribution in [3.05, 3.63) is 108 Å². The van der Waals surface area contributed by atoms with Crippen molar-refractivity contribution in [1.29, 1.82) is 0 Å². The number of pyridine rings is 1. The van der Waals surface area contributed by atoms with Crippen LogP contribution in [0, 0.1) is 0 Å². The Morgan fingerprint density at radius 3 is 2.61 bits per heavy atom. The minimum Gasteiger partial charge on any atom is -0.507 e. The van der Waals surface area contributed by atoms with Crippen molar-refractivity contribution < 1.29 is 9.90 Å². The van der Waals surface area contributed by atoms with Gasteiger partial charge < -0.3 is 5.11 Å². The molecule has 1 heterocycles. The number of para-hydroxylation sites is 2. The summed E-state index contributed by atoms with van der Waals surface area (Å²) in [5.74, 6) is -0.227. The summed E-state index contributed by atoms with van der Waals surface area (Å²) in [6.07, 6.45) is 3.70. The van der Waals surface area contributed by atoms with Gasteiger partial charge in [0.15, 0.2) is 0 Å². The van der Waals surface area contributed by atoms with Gasteiger partial charge in [0.05, 0.1) is 23.0 Å². The summed E-state index contributed by atoms with van der Waals surface area (Å²) in [7, 11) is 0. The van der Waals surface area contributed by atoms with E-state index in [-0.39, 0.29) is 11.7 Å². The minimum absolute atomic E-state index is 0.126. The number of carbonyl (C=O) groups is 1. The lowest BCUT2D eigenvalue weighted by molar-refractivity contribution is 0.0956. The number of hydrogen-bond donors (Lipinski definition) is 2. The van der Waals surface area contributed by atoms with Crippen LogP contribution in [-0.4, -0.2) is 22.2 Å². The number of nitrogens with zero attached hydrogens (tertiary/aromatic N) is 2. The molecular formula is C26H21N3O2. The van der Waals surface area contributed by atoms with Crippen molar-refractivity contribution in [3.8, 4) is 17.0 Å². The van der Waals surface area contributed by atoms with Crippen LogP contribution in [0.15, 0.2) is 96.6 Å². The van der Waals surface area contributed by atoms with Gasteiger partial charge in [-0.1, -0.05) is 66.7 Å². The normalized spacial score (nSPS) is 11.0. The topological polar surface area (TPSA) is 74.6 Å². The average molecular weight is 407 g/mol. The maximum Gasteiger partial charge on any atom is 0.272 e. The van der Waals surface area contributed by atoms with Gasteiger partial charge in [0, 0.05) is 16.5 Å². The molecule has 1 aromatic heterocycles. The molecule has 1 amide bonds. The molecule has 0 bridgehead atoms. The summed E-state index contributed by atoms with van der Waals surface area (Å²) < 4.78 is 0. The number of phenols is 1. The monoisotopic (exact) mass is 407 g/mol. The molecule has 4 aromatic rings. The molecule has 0 aliphatic rings. The number of carbonyl (C=O) groups excluding carboxylic acids is 1. The van der Waals surface area contributed by atoms with Crippen LogP contribution in [0.25, 0.3) is 22.2 Å². The highest BCUT2D eigenvalue weighted by atomic mass is 16.3. The fraction of sp³-hybridized carbons (Fsp3) is 0.0385. The molecule has 4 rings (SSSR count). The molecule has 0 aliphatic heterocycles. The molecule has 5 heteroatoms. The Hall–Kier alpha value is -4.25. The summed E-state index contributed by atoms with van der Waals surface area (Å²) >= 11 is 0. The lowest BCUT2D eigenvalue weighted by atomic mass is 10.0. The van der Waals surface area contributed by atoms with E-state index in [1.165, 1.54) is 6.21 Å². The predicted octanol–water partition coefficient (Wildman–Crippen LogP) is 5.10. The number of allylic oxidation sites excluding steroid dienone is 1. The number of aromatic nitrogens is 1. The predicted molar refractivity (Wildman–Crippen MR) is 124 cm³/mol. The zero-order valence-electron chi connectivity index (χ0n) is 16.8. The largest absolute Gasteiger partial charge is 0.507 e. The van der Waals surface area contributed by atoms with Crippen LogP contribution in [0.4, 0.5) is 0 Å². The smallest absolute Gasteiger partial charge is 0.272 e. The lowest BCUT2D eigenvalue weighted by Crippen LogP contribution is -2.18. The van der Waals surface area contributed by atoms with E-state index < -0.39 is 0 Å². The molecule has 3 aromatic carbocycles. The number of fused-ring (bicyclic) bond motifs is 1. The highest BCUT2D eigenvalue weighted by Gasteiger charge is 2.13. The first-order valence-corrected chi connectivity index (χ1v) is 9.87. The second kappa shape index (κ2) is 9.05. The van der Waals surface area contributed by atoms with Gasteiger partial charge in [-0.05, 0) is 30.2 Å². The average Bonchev–Trinajstić information content (AvgIpc) is 2.81. The first-order valence-electron chi connectivity index (χ1n) is 9.87. The molecule has 5 nitrogen and oxygen atoms in total. The SMILES string of the molecule is C=CCc1cccc(/C=N/NC(=O)c2cc(-c3ccccc3)nc3ccccc23)c1O. The first kappa shape index (κ1) is 20.0. The van der Waals surface area contributed by atoms with Crippen molar-refractivity contribution in [2.75, 3.05) is 0 Å². The third kappa shape index (κ3) is 4.36. The van der Waals surface area contributed by atoms with Gasteiger partial charge >= 0.3 is 0 Å². The quantitative estimate of drug-likeness (QED) is 0.265. The molecule has 0 atom stereocenters. The van der Waals surface area contributed by atoms with Gasteiger partial charge in [0.2, 0.25) is 0 Å².